The lowest BCUT2D eigenvalue weighted by Gasteiger charge is -2.18. The number of halogens is 1. The maximum atomic E-state index is 13.7. The van der Waals surface area contributed by atoms with Crippen molar-refractivity contribution in [1.29, 1.82) is 0 Å². The Hall–Kier alpha value is -1.95. The van der Waals surface area contributed by atoms with Gasteiger partial charge in [-0.1, -0.05) is 6.08 Å². The first-order valence-electron chi connectivity index (χ1n) is 6.07. The largest absolute Gasteiger partial charge is 0.511 e. The second-order valence-corrected chi connectivity index (χ2v) is 5.63. The predicted octanol–water partition coefficient (Wildman–Crippen LogP) is 4.01. The second-order valence-electron chi connectivity index (χ2n) is 4.39. The molecule has 0 saturated heterocycles. The van der Waals surface area contributed by atoms with E-state index >= 15 is 0 Å². The molecule has 3 aliphatic rings. The summed E-state index contributed by atoms with van der Waals surface area (Å²) in [4.78, 5) is 11.4. The minimum Gasteiger partial charge on any atom is -0.461 e. The van der Waals surface area contributed by atoms with Crippen LogP contribution in [0.3, 0.4) is 0 Å². The van der Waals surface area contributed by atoms with Crippen molar-refractivity contribution in [2.45, 2.75) is 18.1 Å². The summed E-state index contributed by atoms with van der Waals surface area (Å²) in [5.41, 5.74) is 0.746. The zero-order chi connectivity index (χ0) is 14.1. The number of fused-ring (bicyclic) bond motifs is 1. The van der Waals surface area contributed by atoms with Gasteiger partial charge in [-0.2, -0.15) is 0 Å². The highest BCUT2D eigenvalue weighted by Gasteiger charge is 2.27. The number of ether oxygens (including phenoxy) is 2. The Bertz CT molecular complexity index is 613. The lowest BCUT2D eigenvalue weighted by Crippen LogP contribution is -2.09. The van der Waals surface area contributed by atoms with Gasteiger partial charge in [0, 0.05) is 10.5 Å². The summed E-state index contributed by atoms with van der Waals surface area (Å²) in [6, 6.07) is 0. The molecule has 4 nitrogen and oxygen atoms in total. The molecule has 1 atom stereocenters. The highest BCUT2D eigenvalue weighted by molar-refractivity contribution is 8.04. The first kappa shape index (κ1) is 13.1. The third-order valence-corrected chi connectivity index (χ3v) is 4.38. The van der Waals surface area contributed by atoms with E-state index in [0.29, 0.717) is 6.42 Å². The van der Waals surface area contributed by atoms with Gasteiger partial charge in [0.1, 0.15) is 5.76 Å². The molecular formula is C14H11FO4S. The molecule has 0 bridgehead atoms. The van der Waals surface area contributed by atoms with Crippen LogP contribution in [0.1, 0.15) is 12.8 Å². The highest BCUT2D eigenvalue weighted by atomic mass is 32.2. The van der Waals surface area contributed by atoms with Gasteiger partial charge in [0.05, 0.1) is 11.5 Å². The van der Waals surface area contributed by atoms with Crippen LogP contribution in [0.4, 0.5) is 9.18 Å². The van der Waals surface area contributed by atoms with Gasteiger partial charge in [0.15, 0.2) is 11.6 Å². The van der Waals surface area contributed by atoms with Crippen molar-refractivity contribution >= 4 is 17.9 Å². The molecule has 0 fully saturated rings. The van der Waals surface area contributed by atoms with Crippen LogP contribution in [0.2, 0.25) is 0 Å². The number of hydrogen-bond donors (Lipinski definition) is 1. The molecule has 6 heteroatoms. The fourth-order valence-corrected chi connectivity index (χ4v) is 3.36. The summed E-state index contributed by atoms with van der Waals surface area (Å²) in [6.45, 7) is 0. The quantitative estimate of drug-likeness (QED) is 0.740. The zero-order valence-corrected chi connectivity index (χ0v) is 11.2. The maximum Gasteiger partial charge on any atom is 0.511 e. The van der Waals surface area contributed by atoms with Crippen LogP contribution in [0.25, 0.3) is 0 Å². The Morgan fingerprint density at radius 2 is 2.40 bits per heavy atom. The molecule has 3 rings (SSSR count). The van der Waals surface area contributed by atoms with E-state index in [1.54, 1.807) is 12.2 Å². The standard InChI is InChI=1S/C14H11FO4S/c15-10-2-1-3-12-13(10)18-7-8-6-9(19-14(16)17)4-5-11(8)20-12/h2,4-7,11H,1,3H2,(H,16,17). The Morgan fingerprint density at radius 3 is 3.20 bits per heavy atom. The van der Waals surface area contributed by atoms with Gasteiger partial charge in [-0.25, -0.2) is 9.18 Å². The van der Waals surface area contributed by atoms with E-state index < -0.39 is 6.16 Å². The third kappa shape index (κ3) is 2.51. The van der Waals surface area contributed by atoms with Crippen molar-refractivity contribution in [2.75, 3.05) is 0 Å². The van der Waals surface area contributed by atoms with Crippen molar-refractivity contribution in [3.8, 4) is 0 Å². The maximum absolute atomic E-state index is 13.7. The Balaban J connectivity index is 1.86. The average Bonchev–Trinajstić information content (AvgIpc) is 2.58. The predicted molar refractivity (Wildman–Crippen MR) is 72.3 cm³/mol. The number of thioether (sulfide) groups is 1. The van der Waals surface area contributed by atoms with Crippen molar-refractivity contribution in [1.82, 2.24) is 0 Å². The van der Waals surface area contributed by atoms with Crippen LogP contribution in [-0.2, 0) is 9.47 Å². The van der Waals surface area contributed by atoms with Crippen LogP contribution >= 0.6 is 11.8 Å². The van der Waals surface area contributed by atoms with E-state index in [-0.39, 0.29) is 22.6 Å². The topological polar surface area (TPSA) is 55.8 Å². The van der Waals surface area contributed by atoms with Crippen LogP contribution < -0.4 is 0 Å². The summed E-state index contributed by atoms with van der Waals surface area (Å²) in [5.74, 6) is 0.148. The van der Waals surface area contributed by atoms with Gasteiger partial charge in [-0.3, -0.25) is 0 Å². The summed E-state index contributed by atoms with van der Waals surface area (Å²) in [6.07, 6.45) is 8.02. The molecule has 0 aromatic carbocycles. The molecule has 0 amide bonds. The molecule has 1 N–H and O–H groups in total. The molecule has 0 aromatic heterocycles. The van der Waals surface area contributed by atoms with Crippen LogP contribution in [-0.4, -0.2) is 16.5 Å². The van der Waals surface area contributed by atoms with Crippen LogP contribution in [0, 0.1) is 0 Å². The third-order valence-electron chi connectivity index (χ3n) is 3.03. The lowest BCUT2D eigenvalue weighted by molar-refractivity contribution is 0.121. The summed E-state index contributed by atoms with van der Waals surface area (Å²) in [5, 5.41) is 8.58. The number of rotatable bonds is 1. The van der Waals surface area contributed by atoms with Crippen LogP contribution in [0.5, 0.6) is 0 Å². The van der Waals surface area contributed by atoms with Gasteiger partial charge < -0.3 is 14.6 Å². The summed E-state index contributed by atoms with van der Waals surface area (Å²) in [7, 11) is 0. The fourth-order valence-electron chi connectivity index (χ4n) is 2.14. The van der Waals surface area contributed by atoms with E-state index in [1.807, 2.05) is 6.08 Å². The summed E-state index contributed by atoms with van der Waals surface area (Å²) < 4.78 is 23.7. The lowest BCUT2D eigenvalue weighted by atomic mass is 10.1. The molecule has 0 radical (unpaired) electrons. The van der Waals surface area contributed by atoms with E-state index in [2.05, 4.69) is 4.74 Å². The van der Waals surface area contributed by atoms with E-state index in [4.69, 9.17) is 9.84 Å². The number of carbonyl (C=O) groups is 1. The molecule has 0 aromatic rings. The van der Waals surface area contributed by atoms with Crippen molar-refractivity contribution in [3.63, 3.8) is 0 Å². The Labute approximate surface area is 118 Å². The molecular weight excluding hydrogens is 283 g/mol. The molecule has 0 spiro atoms. The van der Waals surface area contributed by atoms with Crippen molar-refractivity contribution < 1.29 is 23.8 Å². The Kier molecular flexibility index (Phi) is 3.40. The average molecular weight is 294 g/mol. The van der Waals surface area contributed by atoms with Gasteiger partial charge in [-0.15, -0.1) is 11.8 Å². The minimum atomic E-state index is -1.37. The highest BCUT2D eigenvalue weighted by Crippen LogP contribution is 2.42. The van der Waals surface area contributed by atoms with Gasteiger partial charge in [-0.05, 0) is 31.1 Å². The van der Waals surface area contributed by atoms with Gasteiger partial charge >= 0.3 is 6.16 Å². The van der Waals surface area contributed by atoms with Crippen molar-refractivity contribution in [3.05, 3.63) is 58.4 Å². The van der Waals surface area contributed by atoms with Crippen LogP contribution in [0.15, 0.2) is 58.4 Å². The normalized spacial score (nSPS) is 24.4. The first-order valence-corrected chi connectivity index (χ1v) is 6.94. The number of allylic oxidation sites excluding steroid dienone is 5. The monoisotopic (exact) mass is 294 g/mol. The second kappa shape index (κ2) is 5.20. The molecule has 1 aliphatic heterocycles. The van der Waals surface area contributed by atoms with Crippen molar-refractivity contribution in [2.24, 2.45) is 0 Å². The minimum absolute atomic E-state index is 0.0189. The number of carboxylic acid groups (broad SMARTS) is 1. The molecule has 1 unspecified atom stereocenters. The fraction of sp³-hybridized carbons (Fsp3) is 0.214. The zero-order valence-electron chi connectivity index (χ0n) is 10.3. The number of hydrogen-bond acceptors (Lipinski definition) is 4. The van der Waals surface area contributed by atoms with Gasteiger partial charge in [0.25, 0.3) is 0 Å². The first-order chi connectivity index (χ1) is 9.63. The van der Waals surface area contributed by atoms with E-state index in [9.17, 15) is 9.18 Å². The molecule has 104 valence electrons. The molecule has 20 heavy (non-hydrogen) atoms. The van der Waals surface area contributed by atoms with E-state index in [0.717, 1.165) is 16.9 Å². The SMILES string of the molecule is O=C(O)OC1=CC2=COC3=C(CCC=C3F)SC2C=C1. The molecule has 2 aliphatic carbocycles. The smallest absolute Gasteiger partial charge is 0.461 e. The molecule has 0 saturated carbocycles. The Morgan fingerprint density at radius 1 is 1.55 bits per heavy atom. The molecule has 1 heterocycles. The van der Waals surface area contributed by atoms with E-state index in [1.165, 1.54) is 24.1 Å². The van der Waals surface area contributed by atoms with Gasteiger partial charge in [0.2, 0.25) is 0 Å². The summed E-state index contributed by atoms with van der Waals surface area (Å²) >= 11 is 1.52.